The third-order valence-electron chi connectivity index (χ3n) is 4.62. The summed E-state index contributed by atoms with van der Waals surface area (Å²) in [5, 5.41) is 0. The monoisotopic (exact) mass is 378 g/mol. The molecule has 1 aromatic carbocycles. The smallest absolute Gasteiger partial charge is 0.391 e. The zero-order valence-corrected chi connectivity index (χ0v) is 16.0. The predicted octanol–water partition coefficient (Wildman–Crippen LogP) is 2.88. The van der Waals surface area contributed by atoms with Gasteiger partial charge in [-0.05, 0) is 43.9 Å². The number of methoxy groups -OCH3 is 1. The topological polar surface area (TPSA) is 68.7 Å². The molecule has 0 bridgehead atoms. The van der Waals surface area contributed by atoms with Crippen molar-refractivity contribution >= 4 is 17.8 Å². The number of benzene rings is 1. The Morgan fingerprint density at radius 1 is 1.14 bits per heavy atom. The normalized spacial score (nSPS) is 15.9. The lowest BCUT2D eigenvalue weighted by molar-refractivity contribution is -0.142. The van der Waals surface area contributed by atoms with Crippen molar-refractivity contribution in [1.82, 2.24) is 4.98 Å². The Hall–Kier alpha value is -3.33. The molecule has 2 aromatic rings. The molecular formula is C22H22N2O4. The van der Waals surface area contributed by atoms with Crippen LogP contribution in [0.15, 0.2) is 42.5 Å². The summed E-state index contributed by atoms with van der Waals surface area (Å²) >= 11 is 0. The molecule has 3 rings (SSSR count). The van der Waals surface area contributed by atoms with Crippen LogP contribution in [0.5, 0.6) is 5.88 Å². The first-order chi connectivity index (χ1) is 13.6. The van der Waals surface area contributed by atoms with Crippen LogP contribution in [-0.4, -0.2) is 36.6 Å². The van der Waals surface area contributed by atoms with Crippen molar-refractivity contribution in [3.63, 3.8) is 0 Å². The first kappa shape index (κ1) is 19.4. The third-order valence-corrected chi connectivity index (χ3v) is 4.62. The van der Waals surface area contributed by atoms with Gasteiger partial charge in [-0.25, -0.2) is 9.59 Å². The standard InChI is InChI=1S/C22H22N2O4/c1-16-8-3-4-9-17(16)13-14-21(25)28-20-12-7-11-19(23-20)24-15-6-5-10-18(24)22(26)27-2/h3-4,7-9,11-12,18H,5-6,10,15H2,1-2H3. The fourth-order valence-electron chi connectivity index (χ4n) is 3.16. The minimum Gasteiger partial charge on any atom is -0.467 e. The maximum atomic E-state index is 12.1. The molecule has 1 aromatic heterocycles. The minimum atomic E-state index is -0.684. The first-order valence-corrected chi connectivity index (χ1v) is 9.19. The quantitative estimate of drug-likeness (QED) is 0.604. The molecule has 1 unspecified atom stereocenters. The Bertz CT molecular complexity index is 929. The number of rotatable bonds is 3. The average Bonchev–Trinajstić information content (AvgIpc) is 2.73. The van der Waals surface area contributed by atoms with Crippen molar-refractivity contribution in [3.05, 3.63) is 53.6 Å². The Morgan fingerprint density at radius 2 is 1.96 bits per heavy atom. The lowest BCUT2D eigenvalue weighted by atomic mass is 10.0. The summed E-state index contributed by atoms with van der Waals surface area (Å²) in [6.45, 7) is 2.62. The number of pyridine rings is 1. The number of esters is 2. The summed E-state index contributed by atoms with van der Waals surface area (Å²) in [5.74, 6) is 5.06. The number of piperidine rings is 1. The van der Waals surface area contributed by atoms with Crippen LogP contribution in [0.2, 0.25) is 0 Å². The SMILES string of the molecule is COC(=O)C1CCCCN1c1cccc(OC(=O)C#Cc2ccccc2C)n1. The van der Waals surface area contributed by atoms with Gasteiger partial charge in [-0.3, -0.25) is 0 Å². The van der Waals surface area contributed by atoms with E-state index >= 15 is 0 Å². The lowest BCUT2D eigenvalue weighted by Crippen LogP contribution is -2.45. The van der Waals surface area contributed by atoms with Gasteiger partial charge in [0.1, 0.15) is 11.9 Å². The number of nitrogens with zero attached hydrogens (tertiary/aromatic N) is 2. The lowest BCUT2D eigenvalue weighted by Gasteiger charge is -2.34. The van der Waals surface area contributed by atoms with E-state index in [0.717, 1.165) is 24.0 Å². The summed E-state index contributed by atoms with van der Waals surface area (Å²) in [7, 11) is 1.38. The van der Waals surface area contributed by atoms with E-state index in [2.05, 4.69) is 16.8 Å². The van der Waals surface area contributed by atoms with Crippen molar-refractivity contribution < 1.29 is 19.1 Å². The summed E-state index contributed by atoms with van der Waals surface area (Å²) in [5.41, 5.74) is 1.76. The number of aryl methyl sites for hydroxylation is 1. The Morgan fingerprint density at radius 3 is 2.75 bits per heavy atom. The van der Waals surface area contributed by atoms with Gasteiger partial charge in [-0.15, -0.1) is 0 Å². The van der Waals surface area contributed by atoms with Crippen molar-refractivity contribution in [3.8, 4) is 17.7 Å². The number of anilines is 1. The molecule has 0 spiro atoms. The number of hydrogen-bond donors (Lipinski definition) is 0. The number of hydrogen-bond acceptors (Lipinski definition) is 6. The van der Waals surface area contributed by atoms with Gasteiger partial charge < -0.3 is 14.4 Å². The van der Waals surface area contributed by atoms with Gasteiger partial charge in [0.25, 0.3) is 0 Å². The summed E-state index contributed by atoms with van der Waals surface area (Å²) in [6.07, 6.45) is 2.63. The van der Waals surface area contributed by atoms with Crippen LogP contribution in [-0.2, 0) is 14.3 Å². The van der Waals surface area contributed by atoms with Crippen molar-refractivity contribution in [2.45, 2.75) is 32.2 Å². The number of aromatic nitrogens is 1. The highest BCUT2D eigenvalue weighted by molar-refractivity contribution is 5.90. The summed E-state index contributed by atoms with van der Waals surface area (Å²) < 4.78 is 10.2. The molecule has 144 valence electrons. The molecular weight excluding hydrogens is 356 g/mol. The molecule has 6 nitrogen and oxygen atoms in total. The maximum Gasteiger partial charge on any atom is 0.391 e. The zero-order chi connectivity index (χ0) is 19.9. The fraction of sp³-hybridized carbons (Fsp3) is 0.318. The second-order valence-corrected chi connectivity index (χ2v) is 6.52. The van der Waals surface area contributed by atoms with Gasteiger partial charge in [0.15, 0.2) is 0 Å². The van der Waals surface area contributed by atoms with Crippen molar-refractivity contribution in [2.24, 2.45) is 0 Å². The second kappa shape index (κ2) is 9.05. The molecule has 1 aliphatic rings. The van der Waals surface area contributed by atoms with Crippen LogP contribution in [0.3, 0.4) is 0 Å². The van der Waals surface area contributed by atoms with Crippen molar-refractivity contribution in [1.29, 1.82) is 0 Å². The van der Waals surface area contributed by atoms with Crippen LogP contribution >= 0.6 is 0 Å². The maximum absolute atomic E-state index is 12.1. The average molecular weight is 378 g/mol. The van der Waals surface area contributed by atoms with Crippen molar-refractivity contribution in [2.75, 3.05) is 18.6 Å². The third kappa shape index (κ3) is 4.68. The van der Waals surface area contributed by atoms with Crippen LogP contribution in [0.4, 0.5) is 5.82 Å². The Balaban J connectivity index is 1.74. The molecule has 0 aliphatic carbocycles. The summed E-state index contributed by atoms with van der Waals surface area (Å²) in [4.78, 5) is 30.4. The predicted molar refractivity (Wildman–Crippen MR) is 105 cm³/mol. The van der Waals surface area contributed by atoms with Crippen LogP contribution in [0.1, 0.15) is 30.4 Å². The molecule has 1 fully saturated rings. The number of carbonyl (C=O) groups is 2. The van der Waals surface area contributed by atoms with E-state index in [0.29, 0.717) is 18.8 Å². The van der Waals surface area contributed by atoms with Crippen LogP contribution in [0.25, 0.3) is 0 Å². The van der Waals surface area contributed by atoms with Gasteiger partial charge in [0, 0.05) is 24.1 Å². The molecule has 0 saturated carbocycles. The van der Waals surface area contributed by atoms with Gasteiger partial charge in [0.2, 0.25) is 5.88 Å². The molecule has 1 saturated heterocycles. The van der Waals surface area contributed by atoms with E-state index in [1.54, 1.807) is 18.2 Å². The first-order valence-electron chi connectivity index (χ1n) is 9.19. The van der Waals surface area contributed by atoms with E-state index < -0.39 is 5.97 Å². The molecule has 1 atom stereocenters. The van der Waals surface area contributed by atoms with Crippen LogP contribution in [0, 0.1) is 18.8 Å². The largest absolute Gasteiger partial charge is 0.467 e. The van der Waals surface area contributed by atoms with Gasteiger partial charge in [-0.2, -0.15) is 4.98 Å². The molecule has 0 radical (unpaired) electrons. The molecule has 0 amide bonds. The second-order valence-electron chi connectivity index (χ2n) is 6.52. The minimum absolute atomic E-state index is 0.149. The van der Waals surface area contributed by atoms with E-state index in [4.69, 9.17) is 9.47 Å². The highest BCUT2D eigenvalue weighted by Crippen LogP contribution is 2.25. The fourth-order valence-corrected chi connectivity index (χ4v) is 3.16. The molecule has 28 heavy (non-hydrogen) atoms. The highest BCUT2D eigenvalue weighted by Gasteiger charge is 2.30. The van der Waals surface area contributed by atoms with E-state index in [1.165, 1.54) is 7.11 Å². The zero-order valence-electron chi connectivity index (χ0n) is 16.0. The Labute approximate surface area is 164 Å². The van der Waals surface area contributed by atoms with E-state index in [-0.39, 0.29) is 17.9 Å². The van der Waals surface area contributed by atoms with E-state index in [9.17, 15) is 9.59 Å². The molecule has 1 aliphatic heterocycles. The van der Waals surface area contributed by atoms with E-state index in [1.807, 2.05) is 36.1 Å². The number of ether oxygens (including phenoxy) is 2. The molecule has 2 heterocycles. The van der Waals surface area contributed by atoms with Gasteiger partial charge in [0.05, 0.1) is 7.11 Å². The Kier molecular flexibility index (Phi) is 6.28. The summed E-state index contributed by atoms with van der Waals surface area (Å²) in [6, 6.07) is 12.3. The van der Waals surface area contributed by atoms with Gasteiger partial charge in [-0.1, -0.05) is 30.2 Å². The van der Waals surface area contributed by atoms with Gasteiger partial charge >= 0.3 is 11.9 Å². The highest BCUT2D eigenvalue weighted by atomic mass is 16.5. The molecule has 6 heteroatoms. The number of carbonyl (C=O) groups excluding carboxylic acids is 2. The van der Waals surface area contributed by atoms with Crippen LogP contribution < -0.4 is 9.64 Å². The molecule has 0 N–H and O–H groups in total.